The fourth-order valence-electron chi connectivity index (χ4n) is 3.31. The van der Waals surface area contributed by atoms with Crippen molar-refractivity contribution in [3.05, 3.63) is 68.3 Å². The SMILES string of the molecule is COC(=O)C1=C(C)N(c2cccc(Cl)c2)C(=O)/C1=C\c1cc2c(cc1Br)OCO2. The minimum Gasteiger partial charge on any atom is -0.465 e. The summed E-state index contributed by atoms with van der Waals surface area (Å²) in [6, 6.07) is 10.4. The fraction of sp³-hybridized carbons (Fsp3) is 0.143. The molecule has 0 aromatic heterocycles. The van der Waals surface area contributed by atoms with Gasteiger partial charge >= 0.3 is 5.97 Å². The van der Waals surface area contributed by atoms with Crippen LogP contribution < -0.4 is 14.4 Å². The molecule has 2 aliphatic rings. The van der Waals surface area contributed by atoms with Crippen LogP contribution in [-0.2, 0) is 14.3 Å². The Bertz CT molecular complexity index is 1110. The number of fused-ring (bicyclic) bond motifs is 1. The minimum atomic E-state index is -0.594. The largest absolute Gasteiger partial charge is 0.465 e. The molecule has 2 aromatic rings. The molecule has 0 aliphatic carbocycles. The average molecular weight is 477 g/mol. The zero-order chi connectivity index (χ0) is 20.7. The van der Waals surface area contributed by atoms with Crippen molar-refractivity contribution in [2.45, 2.75) is 6.92 Å². The molecule has 0 saturated carbocycles. The Morgan fingerprint density at radius 2 is 1.97 bits per heavy atom. The molecule has 0 saturated heterocycles. The zero-order valence-electron chi connectivity index (χ0n) is 15.5. The van der Waals surface area contributed by atoms with Gasteiger partial charge in [0.1, 0.15) is 0 Å². The van der Waals surface area contributed by atoms with E-state index >= 15 is 0 Å². The van der Waals surface area contributed by atoms with Crippen molar-refractivity contribution in [1.29, 1.82) is 0 Å². The maximum absolute atomic E-state index is 13.3. The highest BCUT2D eigenvalue weighted by Crippen LogP contribution is 2.40. The van der Waals surface area contributed by atoms with Crippen molar-refractivity contribution < 1.29 is 23.8 Å². The van der Waals surface area contributed by atoms with E-state index in [9.17, 15) is 9.59 Å². The number of allylic oxidation sites excluding steroid dienone is 1. The standard InChI is InChI=1S/C21H15BrClNO5/c1-11-19(21(26)27-2)15(20(25)24(11)14-5-3-4-13(23)8-14)6-12-7-17-18(9-16(12)22)29-10-28-17/h3-9H,10H2,1-2H3/b15-6-. The molecule has 0 N–H and O–H groups in total. The van der Waals surface area contributed by atoms with Crippen LogP contribution in [0.1, 0.15) is 12.5 Å². The van der Waals surface area contributed by atoms with Gasteiger partial charge in [-0.25, -0.2) is 4.79 Å². The van der Waals surface area contributed by atoms with Crippen LogP contribution in [0.25, 0.3) is 6.08 Å². The van der Waals surface area contributed by atoms with Gasteiger partial charge in [0.15, 0.2) is 11.5 Å². The van der Waals surface area contributed by atoms with Crippen LogP contribution >= 0.6 is 27.5 Å². The first kappa shape index (κ1) is 19.5. The van der Waals surface area contributed by atoms with Crippen molar-refractivity contribution in [2.24, 2.45) is 0 Å². The Kier molecular flexibility index (Phi) is 5.10. The predicted octanol–water partition coefficient (Wildman–Crippen LogP) is 4.71. The van der Waals surface area contributed by atoms with Crippen LogP contribution in [0, 0.1) is 0 Å². The molecule has 0 fully saturated rings. The summed E-state index contributed by atoms with van der Waals surface area (Å²) in [5, 5.41) is 0.485. The normalized spacial score (nSPS) is 16.8. The van der Waals surface area contributed by atoms with Crippen LogP contribution in [0.3, 0.4) is 0 Å². The Hall–Kier alpha value is -2.77. The van der Waals surface area contributed by atoms with Crippen LogP contribution in [-0.4, -0.2) is 25.8 Å². The fourth-order valence-corrected chi connectivity index (χ4v) is 3.93. The maximum Gasteiger partial charge on any atom is 0.340 e. The molecule has 8 heteroatoms. The number of carbonyl (C=O) groups is 2. The lowest BCUT2D eigenvalue weighted by Crippen LogP contribution is -2.24. The summed E-state index contributed by atoms with van der Waals surface area (Å²) in [5.41, 5.74) is 2.11. The Morgan fingerprint density at radius 3 is 2.66 bits per heavy atom. The topological polar surface area (TPSA) is 65.1 Å². The lowest BCUT2D eigenvalue weighted by molar-refractivity contribution is -0.136. The van der Waals surface area contributed by atoms with E-state index < -0.39 is 5.97 Å². The lowest BCUT2D eigenvalue weighted by atomic mass is 10.0. The smallest absolute Gasteiger partial charge is 0.340 e. The number of anilines is 1. The van der Waals surface area contributed by atoms with E-state index in [1.54, 1.807) is 49.4 Å². The van der Waals surface area contributed by atoms with Crippen LogP contribution in [0.4, 0.5) is 5.69 Å². The molecule has 2 aliphatic heterocycles. The predicted molar refractivity (Wildman–Crippen MR) is 112 cm³/mol. The molecule has 0 bridgehead atoms. The molecular weight excluding hydrogens is 462 g/mol. The van der Waals surface area contributed by atoms with E-state index in [0.717, 1.165) is 0 Å². The highest BCUT2D eigenvalue weighted by Gasteiger charge is 2.38. The van der Waals surface area contributed by atoms with E-state index in [1.807, 2.05) is 0 Å². The number of hydrogen-bond donors (Lipinski definition) is 0. The van der Waals surface area contributed by atoms with E-state index in [-0.39, 0.29) is 23.8 Å². The summed E-state index contributed by atoms with van der Waals surface area (Å²) >= 11 is 9.57. The highest BCUT2D eigenvalue weighted by atomic mass is 79.9. The van der Waals surface area contributed by atoms with E-state index in [2.05, 4.69) is 15.9 Å². The second kappa shape index (κ2) is 7.57. The third-order valence-corrected chi connectivity index (χ3v) is 5.57. The molecule has 148 valence electrons. The first-order valence-corrected chi connectivity index (χ1v) is 9.78. The second-order valence-electron chi connectivity index (χ2n) is 6.36. The molecule has 29 heavy (non-hydrogen) atoms. The maximum atomic E-state index is 13.3. The molecule has 4 rings (SSSR count). The molecule has 2 heterocycles. The molecule has 6 nitrogen and oxygen atoms in total. The number of carbonyl (C=O) groups excluding carboxylic acids is 2. The van der Waals surface area contributed by atoms with E-state index in [1.165, 1.54) is 12.0 Å². The average Bonchev–Trinajstić information content (AvgIpc) is 3.23. The zero-order valence-corrected chi connectivity index (χ0v) is 17.8. The summed E-state index contributed by atoms with van der Waals surface area (Å²) in [5.74, 6) is 0.230. The van der Waals surface area contributed by atoms with E-state index in [0.29, 0.717) is 37.9 Å². The van der Waals surface area contributed by atoms with Gasteiger partial charge in [0.2, 0.25) is 6.79 Å². The first-order valence-electron chi connectivity index (χ1n) is 8.61. The summed E-state index contributed by atoms with van der Waals surface area (Å²) in [6.45, 7) is 1.83. The third kappa shape index (κ3) is 3.41. The third-order valence-electron chi connectivity index (χ3n) is 4.65. The van der Waals surface area contributed by atoms with Gasteiger partial charge < -0.3 is 14.2 Å². The van der Waals surface area contributed by atoms with Gasteiger partial charge in [-0.15, -0.1) is 0 Å². The molecule has 0 atom stereocenters. The van der Waals surface area contributed by atoms with Crippen molar-refractivity contribution in [3.8, 4) is 11.5 Å². The number of ether oxygens (including phenoxy) is 3. The summed E-state index contributed by atoms with van der Waals surface area (Å²) in [7, 11) is 1.28. The monoisotopic (exact) mass is 475 g/mol. The number of rotatable bonds is 3. The molecule has 0 unspecified atom stereocenters. The van der Waals surface area contributed by atoms with Crippen LogP contribution in [0.5, 0.6) is 11.5 Å². The number of esters is 1. The van der Waals surface area contributed by atoms with Gasteiger partial charge in [-0.2, -0.15) is 0 Å². The van der Waals surface area contributed by atoms with Crippen molar-refractivity contribution >= 4 is 51.2 Å². The highest BCUT2D eigenvalue weighted by molar-refractivity contribution is 9.10. The molecular formula is C21H15BrClNO5. The van der Waals surface area contributed by atoms with Gasteiger partial charge in [0.25, 0.3) is 5.91 Å². The lowest BCUT2D eigenvalue weighted by Gasteiger charge is -2.18. The Morgan fingerprint density at radius 1 is 1.24 bits per heavy atom. The number of halogens is 2. The number of methoxy groups -OCH3 is 1. The molecule has 1 amide bonds. The molecule has 2 aromatic carbocycles. The van der Waals surface area contributed by atoms with Gasteiger partial charge in [-0.3, -0.25) is 9.69 Å². The van der Waals surface area contributed by atoms with Crippen molar-refractivity contribution in [3.63, 3.8) is 0 Å². The second-order valence-corrected chi connectivity index (χ2v) is 7.65. The molecule has 0 spiro atoms. The Labute approximate surface area is 180 Å². The molecule has 0 radical (unpaired) electrons. The number of benzene rings is 2. The first-order chi connectivity index (χ1) is 13.9. The van der Waals surface area contributed by atoms with Gasteiger partial charge in [-0.1, -0.05) is 33.6 Å². The number of amides is 1. The number of hydrogen-bond acceptors (Lipinski definition) is 5. The van der Waals surface area contributed by atoms with Crippen LogP contribution in [0.15, 0.2) is 57.7 Å². The summed E-state index contributed by atoms with van der Waals surface area (Å²) < 4.78 is 16.4. The van der Waals surface area contributed by atoms with Crippen LogP contribution in [0.2, 0.25) is 5.02 Å². The van der Waals surface area contributed by atoms with E-state index in [4.69, 9.17) is 25.8 Å². The summed E-state index contributed by atoms with van der Waals surface area (Å²) in [4.78, 5) is 27.3. The van der Waals surface area contributed by atoms with Gasteiger partial charge in [0.05, 0.1) is 23.9 Å². The number of nitrogens with zero attached hydrogens (tertiary/aromatic N) is 1. The van der Waals surface area contributed by atoms with Gasteiger partial charge in [0, 0.05) is 15.2 Å². The quantitative estimate of drug-likeness (QED) is 0.474. The Balaban J connectivity index is 1.85. The summed E-state index contributed by atoms with van der Waals surface area (Å²) in [6.07, 6.45) is 1.63. The van der Waals surface area contributed by atoms with Crippen molar-refractivity contribution in [2.75, 3.05) is 18.8 Å². The van der Waals surface area contributed by atoms with Gasteiger partial charge in [-0.05, 0) is 48.9 Å². The van der Waals surface area contributed by atoms with Crippen molar-refractivity contribution in [1.82, 2.24) is 0 Å². The minimum absolute atomic E-state index is 0.135.